The van der Waals surface area contributed by atoms with Crippen molar-refractivity contribution in [1.82, 2.24) is 20.2 Å². The number of fused-ring (bicyclic) bond motifs is 1. The molecule has 0 aliphatic carbocycles. The van der Waals surface area contributed by atoms with Crippen molar-refractivity contribution in [3.63, 3.8) is 0 Å². The molecule has 23 heavy (non-hydrogen) atoms. The lowest BCUT2D eigenvalue weighted by molar-refractivity contribution is -0.122. The third-order valence-corrected chi connectivity index (χ3v) is 2.99. The van der Waals surface area contributed by atoms with Crippen LogP contribution in [0.15, 0.2) is 30.9 Å². The van der Waals surface area contributed by atoms with Gasteiger partial charge in [-0.05, 0) is 6.07 Å². The average molecular weight is 316 g/mol. The van der Waals surface area contributed by atoms with Crippen molar-refractivity contribution >= 4 is 34.6 Å². The van der Waals surface area contributed by atoms with Gasteiger partial charge in [0, 0.05) is 18.5 Å². The molecule has 0 aliphatic heterocycles. The zero-order valence-corrected chi connectivity index (χ0v) is 12.6. The number of aromatic nitrogens is 4. The molecular weight excluding hydrogens is 300 g/mol. The van der Waals surface area contributed by atoms with Crippen LogP contribution in [0.5, 0.6) is 5.75 Å². The lowest BCUT2D eigenvalue weighted by atomic mass is 10.2. The Morgan fingerprint density at radius 1 is 1.30 bits per heavy atom. The van der Waals surface area contributed by atoms with Gasteiger partial charge < -0.3 is 20.5 Å². The van der Waals surface area contributed by atoms with Gasteiger partial charge in [-0.15, -0.1) is 0 Å². The Bertz CT molecular complexity index is 789. The summed E-state index contributed by atoms with van der Waals surface area (Å²) in [5, 5.41) is 21.1. The van der Waals surface area contributed by atoms with Crippen molar-refractivity contribution in [2.24, 2.45) is 0 Å². The van der Waals surface area contributed by atoms with Gasteiger partial charge in [-0.25, -0.2) is 9.97 Å². The summed E-state index contributed by atoms with van der Waals surface area (Å²) in [5.74, 6) is 1.39. The fourth-order valence-electron chi connectivity index (χ4n) is 1.98. The van der Waals surface area contributed by atoms with Crippen molar-refractivity contribution in [3.05, 3.63) is 30.9 Å². The number of methoxy groups -OCH3 is 1. The molecule has 2 heterocycles. The Kier molecular flexibility index (Phi) is 5.29. The van der Waals surface area contributed by atoms with Gasteiger partial charge in [0.05, 0.1) is 36.4 Å². The summed E-state index contributed by atoms with van der Waals surface area (Å²) in [6.45, 7) is -0.250. The molecule has 0 spiro atoms. The molecule has 4 N–H and O–H groups in total. The second kappa shape index (κ2) is 7.59. The van der Waals surface area contributed by atoms with E-state index in [1.807, 2.05) is 19.2 Å². The summed E-state index contributed by atoms with van der Waals surface area (Å²) in [5.41, 5.74) is 2.54. The minimum Gasteiger partial charge on any atom is -0.494 e. The maximum absolute atomic E-state index is 8.36. The van der Waals surface area contributed by atoms with E-state index in [2.05, 4.69) is 30.8 Å². The maximum atomic E-state index is 8.36. The minimum absolute atomic E-state index is 0.250. The molecule has 1 aromatic carbocycles. The first-order valence-corrected chi connectivity index (χ1v) is 6.57. The summed E-state index contributed by atoms with van der Waals surface area (Å²) in [4.78, 5) is 16.6. The second-order valence-electron chi connectivity index (χ2n) is 4.28. The van der Waals surface area contributed by atoms with Gasteiger partial charge in [0.25, 0.3) is 6.47 Å². The number of hydrogen-bond acceptors (Lipinski definition) is 7. The average Bonchev–Trinajstić information content (AvgIpc) is 3.02. The number of ether oxygens (including phenoxy) is 1. The van der Waals surface area contributed by atoms with Crippen LogP contribution in [-0.2, 0) is 4.79 Å². The number of carboxylic acid groups (broad SMARTS) is 1. The number of nitrogens with zero attached hydrogens (tertiary/aromatic N) is 3. The Morgan fingerprint density at radius 2 is 2.09 bits per heavy atom. The highest BCUT2D eigenvalue weighted by Crippen LogP contribution is 2.32. The molecule has 0 aliphatic rings. The second-order valence-corrected chi connectivity index (χ2v) is 4.28. The molecule has 0 radical (unpaired) electrons. The third-order valence-electron chi connectivity index (χ3n) is 2.99. The molecule has 0 saturated heterocycles. The first-order chi connectivity index (χ1) is 11.2. The van der Waals surface area contributed by atoms with E-state index in [0.29, 0.717) is 11.6 Å². The predicted molar refractivity (Wildman–Crippen MR) is 86.2 cm³/mol. The van der Waals surface area contributed by atoms with Gasteiger partial charge >= 0.3 is 0 Å². The SMILES string of the molecule is CNc1cncnc1Nc1cc2cn[nH]c2cc1OC.O=CO. The highest BCUT2D eigenvalue weighted by molar-refractivity contribution is 5.87. The van der Waals surface area contributed by atoms with Crippen molar-refractivity contribution in [2.75, 3.05) is 24.8 Å². The summed E-state index contributed by atoms with van der Waals surface area (Å²) in [6.07, 6.45) is 4.96. The molecule has 9 heteroatoms. The Morgan fingerprint density at radius 3 is 2.78 bits per heavy atom. The van der Waals surface area contributed by atoms with Gasteiger partial charge in [0.2, 0.25) is 0 Å². The van der Waals surface area contributed by atoms with Crippen LogP contribution in [0.25, 0.3) is 10.9 Å². The molecular formula is C14H16N6O3. The summed E-state index contributed by atoms with van der Waals surface area (Å²) < 4.78 is 5.39. The summed E-state index contributed by atoms with van der Waals surface area (Å²) in [6, 6.07) is 3.85. The molecule has 0 fully saturated rings. The van der Waals surface area contributed by atoms with E-state index in [1.165, 1.54) is 6.33 Å². The monoisotopic (exact) mass is 316 g/mol. The van der Waals surface area contributed by atoms with Crippen LogP contribution in [0.3, 0.4) is 0 Å². The molecule has 2 aromatic heterocycles. The molecule has 3 aromatic rings. The summed E-state index contributed by atoms with van der Waals surface area (Å²) >= 11 is 0. The van der Waals surface area contributed by atoms with Crippen LogP contribution in [-0.4, -0.2) is 45.9 Å². The smallest absolute Gasteiger partial charge is 0.290 e. The van der Waals surface area contributed by atoms with Crippen LogP contribution < -0.4 is 15.4 Å². The third kappa shape index (κ3) is 3.64. The molecule has 0 unspecified atom stereocenters. The van der Waals surface area contributed by atoms with Gasteiger partial charge in [0.1, 0.15) is 12.1 Å². The number of benzene rings is 1. The van der Waals surface area contributed by atoms with Gasteiger partial charge in [-0.3, -0.25) is 9.89 Å². The number of hydrogen-bond donors (Lipinski definition) is 4. The Balaban J connectivity index is 0.000000595. The van der Waals surface area contributed by atoms with Crippen LogP contribution in [0.2, 0.25) is 0 Å². The van der Waals surface area contributed by atoms with Gasteiger partial charge in [-0.1, -0.05) is 0 Å². The van der Waals surface area contributed by atoms with Gasteiger partial charge in [-0.2, -0.15) is 5.10 Å². The van der Waals surface area contributed by atoms with E-state index < -0.39 is 0 Å². The van der Waals surface area contributed by atoms with Crippen molar-refractivity contribution in [1.29, 1.82) is 0 Å². The van der Waals surface area contributed by atoms with Crippen LogP contribution in [0, 0.1) is 0 Å². The lowest BCUT2D eigenvalue weighted by Crippen LogP contribution is -2.01. The number of anilines is 3. The van der Waals surface area contributed by atoms with E-state index in [-0.39, 0.29) is 6.47 Å². The zero-order chi connectivity index (χ0) is 16.7. The number of nitrogens with one attached hydrogen (secondary N) is 3. The van der Waals surface area contributed by atoms with Crippen molar-refractivity contribution in [3.8, 4) is 5.75 Å². The van der Waals surface area contributed by atoms with Crippen molar-refractivity contribution in [2.45, 2.75) is 0 Å². The fourth-order valence-corrected chi connectivity index (χ4v) is 1.98. The molecule has 3 rings (SSSR count). The highest BCUT2D eigenvalue weighted by atomic mass is 16.5. The summed E-state index contributed by atoms with van der Waals surface area (Å²) in [7, 11) is 3.45. The molecule has 0 atom stereocenters. The number of rotatable bonds is 4. The van der Waals surface area contributed by atoms with E-state index in [4.69, 9.17) is 14.6 Å². The Labute approximate surface area is 131 Å². The quantitative estimate of drug-likeness (QED) is 0.537. The fraction of sp³-hybridized carbons (Fsp3) is 0.143. The van der Waals surface area contributed by atoms with Crippen molar-refractivity contribution < 1.29 is 14.6 Å². The maximum Gasteiger partial charge on any atom is 0.290 e. The van der Waals surface area contributed by atoms with E-state index in [9.17, 15) is 0 Å². The minimum atomic E-state index is -0.250. The number of aromatic amines is 1. The molecule has 120 valence electrons. The van der Waals surface area contributed by atoms with E-state index in [1.54, 1.807) is 19.5 Å². The van der Waals surface area contributed by atoms with Crippen LogP contribution in [0.1, 0.15) is 0 Å². The standard InChI is InChI=1S/C13H14N6O.CH2O2/c1-14-11-6-15-7-16-13(11)18-10-3-8-5-17-19-9(8)4-12(10)20-2;2-1-3/h3-7,14H,1-2H3,(H,17,19)(H,15,16,18);1H,(H,2,3). The normalized spacial score (nSPS) is 9.65. The molecule has 0 saturated carbocycles. The van der Waals surface area contributed by atoms with Crippen LogP contribution >= 0.6 is 0 Å². The largest absolute Gasteiger partial charge is 0.494 e. The number of H-pyrrole nitrogens is 1. The zero-order valence-electron chi connectivity index (χ0n) is 12.6. The van der Waals surface area contributed by atoms with Gasteiger partial charge in [0.15, 0.2) is 5.82 Å². The van der Waals surface area contributed by atoms with E-state index in [0.717, 1.165) is 22.3 Å². The predicted octanol–water partition coefficient (Wildman–Crippen LogP) is 1.85. The highest BCUT2D eigenvalue weighted by Gasteiger charge is 2.10. The Hall–Kier alpha value is -3.36. The molecule has 9 nitrogen and oxygen atoms in total. The topological polar surface area (TPSA) is 125 Å². The number of carbonyl (C=O) groups is 1. The first-order valence-electron chi connectivity index (χ1n) is 6.57. The van der Waals surface area contributed by atoms with Crippen LogP contribution in [0.4, 0.5) is 17.2 Å². The first kappa shape index (κ1) is 16.0. The van der Waals surface area contributed by atoms with E-state index >= 15 is 0 Å². The molecule has 0 amide bonds. The molecule has 0 bridgehead atoms. The lowest BCUT2D eigenvalue weighted by Gasteiger charge is -2.13.